The number of hydrogen-bond acceptors (Lipinski definition) is 5. The zero-order valence-corrected chi connectivity index (χ0v) is 16.1. The highest BCUT2D eigenvalue weighted by Gasteiger charge is 2.14. The minimum Gasteiger partial charge on any atom is -0.423 e. The number of hydrogen-bond donors (Lipinski definition) is 3. The van der Waals surface area contributed by atoms with Gasteiger partial charge in [0.2, 0.25) is 5.91 Å². The van der Waals surface area contributed by atoms with Crippen molar-refractivity contribution >= 4 is 75.1 Å². The van der Waals surface area contributed by atoms with Gasteiger partial charge in [-0.25, -0.2) is 0 Å². The molecule has 0 atom stereocenters. The average Bonchev–Trinajstić information content (AvgIpc) is 2.95. The zero-order chi connectivity index (χ0) is 19.6. The van der Waals surface area contributed by atoms with Gasteiger partial charge in [0.25, 0.3) is 5.91 Å². The predicted octanol–water partition coefficient (Wildman–Crippen LogP) is 4.22. The van der Waals surface area contributed by atoms with Crippen LogP contribution in [0.3, 0.4) is 0 Å². The number of nitrogens with one attached hydrogen (secondary N) is 3. The Morgan fingerprint density at radius 1 is 1.11 bits per heavy atom. The molecule has 0 aliphatic heterocycles. The molecule has 0 radical (unpaired) electrons. The van der Waals surface area contributed by atoms with Gasteiger partial charge in [0.15, 0.2) is 10.7 Å². The van der Waals surface area contributed by atoms with Crippen LogP contribution in [0.4, 0.5) is 11.7 Å². The fourth-order valence-electron chi connectivity index (χ4n) is 2.23. The smallest absolute Gasteiger partial charge is 0.302 e. The highest BCUT2D eigenvalue weighted by atomic mass is 35.5. The van der Waals surface area contributed by atoms with E-state index in [-0.39, 0.29) is 27.6 Å². The van der Waals surface area contributed by atoms with Gasteiger partial charge in [-0.2, -0.15) is 4.98 Å². The van der Waals surface area contributed by atoms with Gasteiger partial charge in [0, 0.05) is 23.7 Å². The number of oxazole rings is 1. The lowest BCUT2D eigenvalue weighted by molar-refractivity contribution is -0.114. The third kappa shape index (κ3) is 4.73. The summed E-state index contributed by atoms with van der Waals surface area (Å²) in [5.41, 5.74) is 1.80. The van der Waals surface area contributed by atoms with Crippen molar-refractivity contribution < 1.29 is 14.0 Å². The van der Waals surface area contributed by atoms with Gasteiger partial charge in [0.05, 0.1) is 10.6 Å². The van der Waals surface area contributed by atoms with E-state index in [1.165, 1.54) is 19.1 Å². The Bertz CT molecular complexity index is 1070. The molecule has 0 aliphatic rings. The van der Waals surface area contributed by atoms with Crippen molar-refractivity contribution in [2.75, 3.05) is 10.6 Å². The molecule has 1 aromatic heterocycles. The molecule has 1 heterocycles. The van der Waals surface area contributed by atoms with Crippen molar-refractivity contribution in [2.45, 2.75) is 6.92 Å². The van der Waals surface area contributed by atoms with Crippen LogP contribution in [0, 0.1) is 0 Å². The second-order valence-electron chi connectivity index (χ2n) is 5.42. The monoisotopic (exact) mass is 422 g/mol. The number of rotatable bonds is 3. The molecule has 7 nitrogen and oxygen atoms in total. The molecule has 3 N–H and O–H groups in total. The number of carbonyl (C=O) groups excluding carboxylic acids is 2. The van der Waals surface area contributed by atoms with Crippen LogP contribution in [0.25, 0.3) is 11.1 Å². The highest BCUT2D eigenvalue weighted by molar-refractivity contribution is 7.80. The van der Waals surface area contributed by atoms with Crippen LogP contribution in [0.5, 0.6) is 0 Å². The summed E-state index contributed by atoms with van der Waals surface area (Å²) in [6.07, 6.45) is 0. The molecule has 3 rings (SSSR count). The molecule has 0 saturated heterocycles. The number of thiocarbonyl (C=S) groups is 1. The van der Waals surface area contributed by atoms with E-state index in [2.05, 4.69) is 20.9 Å². The Kier molecular flexibility index (Phi) is 5.59. The second kappa shape index (κ2) is 7.91. The van der Waals surface area contributed by atoms with Crippen molar-refractivity contribution in [2.24, 2.45) is 0 Å². The number of fused-ring (bicyclic) bond motifs is 1. The van der Waals surface area contributed by atoms with E-state index in [1.807, 2.05) is 0 Å². The van der Waals surface area contributed by atoms with Crippen molar-refractivity contribution in [1.29, 1.82) is 0 Å². The largest absolute Gasteiger partial charge is 0.423 e. The number of aromatic nitrogens is 1. The van der Waals surface area contributed by atoms with E-state index in [0.29, 0.717) is 21.8 Å². The van der Waals surface area contributed by atoms with E-state index in [1.54, 1.807) is 24.3 Å². The van der Waals surface area contributed by atoms with Crippen LogP contribution < -0.4 is 16.0 Å². The van der Waals surface area contributed by atoms with Crippen LogP contribution in [0.2, 0.25) is 10.0 Å². The maximum atomic E-state index is 12.2. The maximum absolute atomic E-state index is 12.2. The number of halogens is 2. The van der Waals surface area contributed by atoms with Gasteiger partial charge >= 0.3 is 6.01 Å². The molecular weight excluding hydrogens is 411 g/mol. The Morgan fingerprint density at radius 3 is 2.59 bits per heavy atom. The predicted molar refractivity (Wildman–Crippen MR) is 108 cm³/mol. The van der Waals surface area contributed by atoms with Gasteiger partial charge in [-0.15, -0.1) is 0 Å². The van der Waals surface area contributed by atoms with Crippen molar-refractivity contribution in [3.8, 4) is 0 Å². The number of benzene rings is 2. The van der Waals surface area contributed by atoms with Crippen LogP contribution >= 0.6 is 35.4 Å². The first kappa shape index (κ1) is 19.1. The summed E-state index contributed by atoms with van der Waals surface area (Å²) in [7, 11) is 0. The first-order valence-electron chi connectivity index (χ1n) is 7.57. The van der Waals surface area contributed by atoms with Crippen molar-refractivity contribution in [1.82, 2.24) is 10.3 Å². The first-order chi connectivity index (χ1) is 12.8. The SMILES string of the molecule is CC(=O)Nc1ccc2nc(NC(=S)NC(=O)c3ccc(Cl)cc3Cl)oc2c1. The van der Waals surface area contributed by atoms with E-state index in [0.717, 1.165) is 0 Å². The Labute approximate surface area is 169 Å². The van der Waals surface area contributed by atoms with Crippen molar-refractivity contribution in [3.05, 3.63) is 52.0 Å². The molecule has 2 aromatic carbocycles. The molecule has 10 heteroatoms. The molecular formula is C17H12Cl2N4O3S. The van der Waals surface area contributed by atoms with Crippen molar-refractivity contribution in [3.63, 3.8) is 0 Å². The van der Waals surface area contributed by atoms with Gasteiger partial charge in [-0.05, 0) is 42.5 Å². The lowest BCUT2D eigenvalue weighted by Crippen LogP contribution is -2.34. The average molecular weight is 423 g/mol. The van der Waals surface area contributed by atoms with E-state index in [4.69, 9.17) is 39.8 Å². The highest BCUT2D eigenvalue weighted by Crippen LogP contribution is 2.23. The summed E-state index contributed by atoms with van der Waals surface area (Å²) in [6, 6.07) is 9.60. The molecule has 0 unspecified atom stereocenters. The third-order valence-corrected chi connectivity index (χ3v) is 4.08. The first-order valence-corrected chi connectivity index (χ1v) is 8.74. The summed E-state index contributed by atoms with van der Waals surface area (Å²) in [6.45, 7) is 1.41. The molecule has 138 valence electrons. The summed E-state index contributed by atoms with van der Waals surface area (Å²) in [5.74, 6) is -0.699. The number of nitrogens with zero attached hydrogens (tertiary/aromatic N) is 1. The lowest BCUT2D eigenvalue weighted by atomic mass is 10.2. The number of carbonyl (C=O) groups is 2. The second-order valence-corrected chi connectivity index (χ2v) is 6.67. The molecule has 0 saturated carbocycles. The molecule has 2 amide bonds. The van der Waals surface area contributed by atoms with Gasteiger partial charge < -0.3 is 9.73 Å². The summed E-state index contributed by atoms with van der Waals surface area (Å²) < 4.78 is 5.53. The molecule has 0 bridgehead atoms. The van der Waals surface area contributed by atoms with Crippen LogP contribution in [0.15, 0.2) is 40.8 Å². The van der Waals surface area contributed by atoms with E-state index < -0.39 is 5.91 Å². The summed E-state index contributed by atoms with van der Waals surface area (Å²) in [5, 5.41) is 8.43. The fourth-order valence-corrected chi connectivity index (χ4v) is 2.91. The van der Waals surface area contributed by atoms with Crippen LogP contribution in [0.1, 0.15) is 17.3 Å². The quantitative estimate of drug-likeness (QED) is 0.546. The molecule has 0 fully saturated rings. The van der Waals surface area contributed by atoms with E-state index >= 15 is 0 Å². The topological polar surface area (TPSA) is 96.3 Å². The lowest BCUT2D eigenvalue weighted by Gasteiger charge is -2.08. The Hall–Kier alpha value is -2.68. The molecule has 0 aliphatic carbocycles. The standard InChI is InChI=1S/C17H12Cl2N4O3S/c1-8(24)20-10-3-5-13-14(7-10)26-16(21-13)23-17(27)22-15(25)11-4-2-9(18)6-12(11)19/h2-7H,1H3,(H,20,24)(H2,21,22,23,25,27). The molecule has 27 heavy (non-hydrogen) atoms. The third-order valence-electron chi connectivity index (χ3n) is 3.33. The molecule has 3 aromatic rings. The van der Waals surface area contributed by atoms with Gasteiger partial charge in [-0.3, -0.25) is 20.2 Å². The number of anilines is 2. The van der Waals surface area contributed by atoms with E-state index in [9.17, 15) is 9.59 Å². The van der Waals surface area contributed by atoms with Crippen LogP contribution in [-0.4, -0.2) is 21.9 Å². The van der Waals surface area contributed by atoms with Gasteiger partial charge in [-0.1, -0.05) is 23.2 Å². The Morgan fingerprint density at radius 2 is 1.89 bits per heavy atom. The summed E-state index contributed by atoms with van der Waals surface area (Å²) >= 11 is 16.9. The fraction of sp³-hybridized carbons (Fsp3) is 0.0588. The van der Waals surface area contributed by atoms with Gasteiger partial charge in [0.1, 0.15) is 5.52 Å². The zero-order valence-electron chi connectivity index (χ0n) is 13.8. The minimum atomic E-state index is -0.502. The Balaban J connectivity index is 1.70. The number of amides is 2. The normalized spacial score (nSPS) is 10.5. The van der Waals surface area contributed by atoms with Crippen LogP contribution in [-0.2, 0) is 4.79 Å². The minimum absolute atomic E-state index is 0.0142. The maximum Gasteiger partial charge on any atom is 0.302 e. The molecule has 0 spiro atoms. The summed E-state index contributed by atoms with van der Waals surface area (Å²) in [4.78, 5) is 27.6.